The molecule has 0 bridgehead atoms. The van der Waals surface area contributed by atoms with Gasteiger partial charge in [0.05, 0.1) is 18.2 Å². The first-order chi connectivity index (χ1) is 8.58. The smallest absolute Gasteiger partial charge is 0.309 e. The van der Waals surface area contributed by atoms with Crippen LogP contribution < -0.4 is 0 Å². The molecule has 2 aliphatic rings. The van der Waals surface area contributed by atoms with Gasteiger partial charge in [0.15, 0.2) is 0 Å². The molecule has 96 valence electrons. The first-order valence-electron chi connectivity index (χ1n) is 6.10. The van der Waals surface area contributed by atoms with Gasteiger partial charge in [-0.2, -0.15) is 5.10 Å². The summed E-state index contributed by atoms with van der Waals surface area (Å²) in [6.07, 6.45) is 5.53. The summed E-state index contributed by atoms with van der Waals surface area (Å²) in [6, 6.07) is -0.122. The molecule has 1 amide bonds. The lowest BCUT2D eigenvalue weighted by molar-refractivity contribution is -0.142. The van der Waals surface area contributed by atoms with Crippen LogP contribution in [-0.4, -0.2) is 37.7 Å². The third kappa shape index (κ3) is 1.68. The molecule has 6 nitrogen and oxygen atoms in total. The molecule has 18 heavy (non-hydrogen) atoms. The number of nitrogens with zero attached hydrogens (tertiary/aromatic N) is 3. The number of likely N-dealkylation sites (tertiary alicyclic amines) is 1. The molecular weight excluding hydrogens is 234 g/mol. The molecule has 1 aromatic heterocycles. The predicted octanol–water partition coefficient (Wildman–Crippen LogP) is 0.557. The van der Waals surface area contributed by atoms with Crippen molar-refractivity contribution in [3.8, 4) is 0 Å². The van der Waals surface area contributed by atoms with E-state index in [9.17, 15) is 14.7 Å². The normalized spacial score (nSPS) is 27.8. The summed E-state index contributed by atoms with van der Waals surface area (Å²) in [6.45, 7) is 0. The van der Waals surface area contributed by atoms with Crippen LogP contribution in [0.5, 0.6) is 0 Å². The van der Waals surface area contributed by atoms with Gasteiger partial charge >= 0.3 is 5.97 Å². The van der Waals surface area contributed by atoms with Crippen molar-refractivity contribution in [3.05, 3.63) is 18.0 Å². The van der Waals surface area contributed by atoms with E-state index in [1.54, 1.807) is 29.0 Å². The van der Waals surface area contributed by atoms with Crippen LogP contribution in [0.4, 0.5) is 0 Å². The first kappa shape index (κ1) is 11.3. The second-order valence-corrected chi connectivity index (χ2v) is 5.07. The molecule has 2 fully saturated rings. The van der Waals surface area contributed by atoms with Crippen molar-refractivity contribution >= 4 is 11.9 Å². The van der Waals surface area contributed by atoms with E-state index in [2.05, 4.69) is 5.10 Å². The number of carbonyl (C=O) groups excluding carboxylic acids is 1. The van der Waals surface area contributed by atoms with E-state index in [-0.39, 0.29) is 24.4 Å². The molecule has 1 aliphatic heterocycles. The van der Waals surface area contributed by atoms with Gasteiger partial charge in [0.2, 0.25) is 5.91 Å². The highest BCUT2D eigenvalue weighted by molar-refractivity contribution is 5.87. The summed E-state index contributed by atoms with van der Waals surface area (Å²) in [4.78, 5) is 25.1. The largest absolute Gasteiger partial charge is 0.481 e. The fourth-order valence-electron chi connectivity index (χ4n) is 2.75. The highest BCUT2D eigenvalue weighted by Gasteiger charge is 2.50. The van der Waals surface area contributed by atoms with Gasteiger partial charge in [-0.25, -0.2) is 0 Å². The van der Waals surface area contributed by atoms with Crippen molar-refractivity contribution < 1.29 is 14.7 Å². The number of rotatable bonds is 3. The average molecular weight is 249 g/mol. The zero-order valence-corrected chi connectivity index (χ0v) is 10.1. The van der Waals surface area contributed by atoms with Gasteiger partial charge in [-0.15, -0.1) is 0 Å². The van der Waals surface area contributed by atoms with Crippen molar-refractivity contribution in [1.82, 2.24) is 14.7 Å². The van der Waals surface area contributed by atoms with Gasteiger partial charge < -0.3 is 10.0 Å². The molecule has 2 unspecified atom stereocenters. The molecule has 0 aromatic carbocycles. The van der Waals surface area contributed by atoms with Crippen LogP contribution in [0.25, 0.3) is 0 Å². The molecular formula is C12H15N3O3. The van der Waals surface area contributed by atoms with Crippen molar-refractivity contribution in [3.63, 3.8) is 0 Å². The Bertz CT molecular complexity index is 506. The third-order valence-electron chi connectivity index (χ3n) is 3.69. The van der Waals surface area contributed by atoms with Gasteiger partial charge in [-0.3, -0.25) is 14.3 Å². The Labute approximate surface area is 104 Å². The summed E-state index contributed by atoms with van der Waals surface area (Å²) in [7, 11) is 1.79. The second kappa shape index (κ2) is 3.83. The van der Waals surface area contributed by atoms with Crippen molar-refractivity contribution in [1.29, 1.82) is 0 Å². The fraction of sp³-hybridized carbons (Fsp3) is 0.583. The Balaban J connectivity index is 1.98. The molecule has 0 spiro atoms. The van der Waals surface area contributed by atoms with Gasteiger partial charge in [-0.1, -0.05) is 0 Å². The predicted molar refractivity (Wildman–Crippen MR) is 61.6 cm³/mol. The van der Waals surface area contributed by atoms with Crippen LogP contribution in [0.1, 0.15) is 30.9 Å². The lowest BCUT2D eigenvalue weighted by Crippen LogP contribution is -2.32. The number of hydrogen-bond acceptors (Lipinski definition) is 3. The average Bonchev–Trinajstić information content (AvgIpc) is 2.95. The van der Waals surface area contributed by atoms with Gasteiger partial charge in [0.25, 0.3) is 0 Å². The molecule has 1 aliphatic carbocycles. The quantitative estimate of drug-likeness (QED) is 0.849. The highest BCUT2D eigenvalue weighted by Crippen LogP contribution is 2.44. The van der Waals surface area contributed by atoms with Crippen molar-refractivity contribution in [2.45, 2.75) is 31.3 Å². The Morgan fingerprint density at radius 1 is 1.50 bits per heavy atom. The highest BCUT2D eigenvalue weighted by atomic mass is 16.4. The third-order valence-corrected chi connectivity index (χ3v) is 3.69. The fourth-order valence-corrected chi connectivity index (χ4v) is 2.75. The van der Waals surface area contributed by atoms with E-state index in [1.165, 1.54) is 0 Å². The number of amides is 1. The van der Waals surface area contributed by atoms with E-state index in [1.807, 2.05) is 0 Å². The minimum absolute atomic E-state index is 0.0428. The summed E-state index contributed by atoms with van der Waals surface area (Å²) in [5.41, 5.74) is 0.822. The molecule has 1 saturated heterocycles. The van der Waals surface area contributed by atoms with E-state index in [0.29, 0.717) is 0 Å². The maximum atomic E-state index is 12.0. The van der Waals surface area contributed by atoms with Crippen LogP contribution in [0, 0.1) is 5.92 Å². The summed E-state index contributed by atoms with van der Waals surface area (Å²) in [5, 5.41) is 13.4. The van der Waals surface area contributed by atoms with Crippen LogP contribution in [-0.2, 0) is 16.6 Å². The molecule has 1 saturated carbocycles. The van der Waals surface area contributed by atoms with Crippen LogP contribution in [0.15, 0.2) is 12.4 Å². The van der Waals surface area contributed by atoms with Crippen molar-refractivity contribution in [2.75, 3.05) is 0 Å². The first-order valence-corrected chi connectivity index (χ1v) is 6.10. The Morgan fingerprint density at radius 2 is 2.22 bits per heavy atom. The zero-order valence-electron chi connectivity index (χ0n) is 10.1. The molecule has 2 atom stereocenters. The minimum Gasteiger partial charge on any atom is -0.481 e. The number of aryl methyl sites for hydroxylation is 1. The number of hydrogen-bond donors (Lipinski definition) is 1. The minimum atomic E-state index is -0.902. The monoisotopic (exact) mass is 249 g/mol. The molecule has 1 aromatic rings. The SMILES string of the molecule is Cn1cc(C2C(C(=O)O)CC(=O)N2C2CC2)cn1. The van der Waals surface area contributed by atoms with Crippen LogP contribution in [0.3, 0.4) is 0 Å². The number of aromatic nitrogens is 2. The zero-order chi connectivity index (χ0) is 12.9. The second-order valence-electron chi connectivity index (χ2n) is 5.07. The number of carboxylic acids is 1. The van der Waals surface area contributed by atoms with Gasteiger partial charge in [0.1, 0.15) is 0 Å². The lowest BCUT2D eigenvalue weighted by atomic mass is 9.96. The van der Waals surface area contributed by atoms with Gasteiger partial charge in [-0.05, 0) is 12.8 Å². The van der Waals surface area contributed by atoms with E-state index in [0.717, 1.165) is 18.4 Å². The maximum Gasteiger partial charge on any atom is 0.309 e. The lowest BCUT2D eigenvalue weighted by Gasteiger charge is -2.25. The maximum absolute atomic E-state index is 12.0. The molecule has 0 radical (unpaired) electrons. The summed E-state index contributed by atoms with van der Waals surface area (Å²) in [5.74, 6) is -1.60. The summed E-state index contributed by atoms with van der Waals surface area (Å²) >= 11 is 0. The van der Waals surface area contributed by atoms with Gasteiger partial charge in [0, 0.05) is 31.3 Å². The van der Waals surface area contributed by atoms with Crippen LogP contribution >= 0.6 is 0 Å². The Hall–Kier alpha value is -1.85. The molecule has 2 heterocycles. The van der Waals surface area contributed by atoms with E-state index >= 15 is 0 Å². The van der Waals surface area contributed by atoms with E-state index in [4.69, 9.17) is 0 Å². The number of carbonyl (C=O) groups is 2. The van der Waals surface area contributed by atoms with Crippen LogP contribution in [0.2, 0.25) is 0 Å². The molecule has 1 N–H and O–H groups in total. The number of aliphatic carboxylic acids is 1. The number of carboxylic acid groups (broad SMARTS) is 1. The van der Waals surface area contributed by atoms with Crippen molar-refractivity contribution in [2.24, 2.45) is 13.0 Å². The standard InChI is InChI=1S/C12H15N3O3/c1-14-6-7(5-13-14)11-9(12(17)18)4-10(16)15(11)8-2-3-8/h5-6,8-9,11H,2-4H2,1H3,(H,17,18). The van der Waals surface area contributed by atoms with E-state index < -0.39 is 11.9 Å². The topological polar surface area (TPSA) is 75.4 Å². The Morgan fingerprint density at radius 3 is 2.72 bits per heavy atom. The summed E-state index contributed by atoms with van der Waals surface area (Å²) < 4.78 is 1.64. The Kier molecular flexibility index (Phi) is 2.39. The molecule has 3 rings (SSSR count). The molecule has 6 heteroatoms.